The molecule has 0 bridgehead atoms. The van der Waals surface area contributed by atoms with Gasteiger partial charge in [-0.3, -0.25) is 29.1 Å². The Morgan fingerprint density at radius 3 is 1.67 bits per heavy atom. The normalized spacial score (nSPS) is 12.1. The van der Waals surface area contributed by atoms with E-state index in [0.717, 1.165) is 75.6 Å². The largest absolute Gasteiger partial charge is 0.376 e. The van der Waals surface area contributed by atoms with Gasteiger partial charge in [0.15, 0.2) is 0 Å². The van der Waals surface area contributed by atoms with Crippen molar-refractivity contribution >= 4 is 45.8 Å². The summed E-state index contributed by atoms with van der Waals surface area (Å²) in [6.45, 7) is 12.3. The first-order valence-corrected chi connectivity index (χ1v) is 19.6. The average molecular weight is 767 g/mol. The summed E-state index contributed by atoms with van der Waals surface area (Å²) < 4.78 is 6.13. The molecule has 0 radical (unpaired) electrons. The Bertz CT molecular complexity index is 1940. The maximum atomic E-state index is 12.9. The number of fused-ring (bicyclic) bond motifs is 2. The Morgan fingerprint density at radius 2 is 1.16 bits per heavy atom. The monoisotopic (exact) mass is 766 g/mol. The van der Waals surface area contributed by atoms with Crippen molar-refractivity contribution in [1.82, 2.24) is 51.2 Å². The maximum absolute atomic E-state index is 12.9. The van der Waals surface area contributed by atoms with Crippen LogP contribution in [0.2, 0.25) is 0 Å². The molecule has 0 spiro atoms. The van der Waals surface area contributed by atoms with Crippen LogP contribution >= 0.6 is 0 Å². The van der Waals surface area contributed by atoms with E-state index in [4.69, 9.17) is 16.2 Å². The number of H-pyrrole nitrogens is 4. The lowest BCUT2D eigenvalue weighted by atomic mass is 9.88. The molecule has 4 aromatic rings. The first-order valence-electron chi connectivity index (χ1n) is 19.6. The first kappa shape index (κ1) is 43.0. The molecule has 0 unspecified atom stereocenters. The molecule has 0 aliphatic rings. The predicted molar refractivity (Wildman–Crippen MR) is 216 cm³/mol. The van der Waals surface area contributed by atoms with Crippen molar-refractivity contribution in [1.29, 1.82) is 0 Å². The molecule has 0 saturated heterocycles. The highest BCUT2D eigenvalue weighted by atomic mass is 16.5. The number of nitrogen functional groups attached to an aromatic ring is 2. The van der Waals surface area contributed by atoms with Crippen LogP contribution in [-0.4, -0.2) is 80.1 Å². The van der Waals surface area contributed by atoms with Gasteiger partial charge in [-0.05, 0) is 76.6 Å². The highest BCUT2D eigenvalue weighted by molar-refractivity contribution is 5.82. The number of unbranched alkanes of at least 4 members (excludes halogenated alkanes) is 6. The van der Waals surface area contributed by atoms with E-state index in [0.29, 0.717) is 74.1 Å². The van der Waals surface area contributed by atoms with Crippen molar-refractivity contribution in [3.63, 3.8) is 0 Å². The zero-order valence-corrected chi connectivity index (χ0v) is 33.0. The van der Waals surface area contributed by atoms with Crippen LogP contribution in [0.1, 0.15) is 109 Å². The van der Waals surface area contributed by atoms with E-state index in [1.807, 2.05) is 27.7 Å². The topological polar surface area (TPSA) is 267 Å². The van der Waals surface area contributed by atoms with Crippen LogP contribution in [0.3, 0.4) is 0 Å². The van der Waals surface area contributed by atoms with Gasteiger partial charge in [0.2, 0.25) is 23.7 Å². The number of aromatic nitrogens is 6. The summed E-state index contributed by atoms with van der Waals surface area (Å²) in [4.78, 5) is 69.0. The summed E-state index contributed by atoms with van der Waals surface area (Å²) in [7, 11) is 0. The predicted octanol–water partition coefficient (Wildman–Crippen LogP) is 3.20. The van der Waals surface area contributed by atoms with Crippen LogP contribution in [0.5, 0.6) is 0 Å². The SMILES string of the molecule is CC(C)(CCC(=O)NCCCCCCNCc1c[nH]c2nc(N)[nH]c(=O)c12)OCCC(C)(C)C(=O)NCCCCCCNCc1c[nH]c2nc(N)[nH]c(=O)c12. The van der Waals surface area contributed by atoms with Gasteiger partial charge in [-0.25, -0.2) is 0 Å². The van der Waals surface area contributed by atoms with Crippen LogP contribution in [0.15, 0.2) is 22.0 Å². The van der Waals surface area contributed by atoms with Crippen LogP contribution in [0.4, 0.5) is 11.9 Å². The van der Waals surface area contributed by atoms with Gasteiger partial charge < -0.3 is 47.4 Å². The molecule has 0 fully saturated rings. The van der Waals surface area contributed by atoms with Crippen molar-refractivity contribution < 1.29 is 14.3 Å². The number of hydrogen-bond acceptors (Lipinski definition) is 11. The fourth-order valence-electron chi connectivity index (χ4n) is 6.36. The molecular weight excluding hydrogens is 704 g/mol. The molecule has 0 aliphatic carbocycles. The van der Waals surface area contributed by atoms with Gasteiger partial charge >= 0.3 is 0 Å². The Labute approximate surface area is 321 Å². The van der Waals surface area contributed by atoms with E-state index in [-0.39, 0.29) is 34.8 Å². The molecule has 4 rings (SSSR count). The number of carbonyl (C=O) groups excluding carboxylic acids is 2. The highest BCUT2D eigenvalue weighted by Gasteiger charge is 2.29. The zero-order chi connectivity index (χ0) is 39.8. The third kappa shape index (κ3) is 13.8. The smallest absolute Gasteiger partial charge is 0.262 e. The number of nitrogens with two attached hydrogens (primary N) is 2. The van der Waals surface area contributed by atoms with Gasteiger partial charge in [0, 0.05) is 57.0 Å². The Morgan fingerprint density at radius 1 is 0.691 bits per heavy atom. The van der Waals surface area contributed by atoms with Gasteiger partial charge in [-0.2, -0.15) is 9.97 Å². The molecule has 0 aromatic carbocycles. The van der Waals surface area contributed by atoms with Crippen molar-refractivity contribution in [3.05, 3.63) is 44.2 Å². The molecule has 0 atom stereocenters. The number of ether oxygens (including phenoxy) is 1. The molecular formula is C38H62N12O5. The maximum Gasteiger partial charge on any atom is 0.262 e. The van der Waals surface area contributed by atoms with E-state index in [1.54, 1.807) is 12.4 Å². The second-order valence-corrected chi connectivity index (χ2v) is 15.5. The fraction of sp³-hybridized carbons (Fsp3) is 0.632. The molecule has 17 nitrogen and oxygen atoms in total. The summed E-state index contributed by atoms with van der Waals surface area (Å²) in [5, 5.41) is 13.9. The van der Waals surface area contributed by atoms with Crippen LogP contribution in [0.25, 0.3) is 22.1 Å². The Kier molecular flexibility index (Phi) is 16.3. The first-order chi connectivity index (χ1) is 26.3. The van der Waals surface area contributed by atoms with Crippen molar-refractivity contribution in [2.75, 3.05) is 44.3 Å². The minimum Gasteiger partial charge on any atom is -0.376 e. The average Bonchev–Trinajstić information content (AvgIpc) is 3.73. The second kappa shape index (κ2) is 20.8. The lowest BCUT2D eigenvalue weighted by Gasteiger charge is -2.29. The lowest BCUT2D eigenvalue weighted by Crippen LogP contribution is -2.39. The molecule has 304 valence electrons. The van der Waals surface area contributed by atoms with E-state index in [1.165, 1.54) is 0 Å². The molecule has 12 N–H and O–H groups in total. The fourth-order valence-corrected chi connectivity index (χ4v) is 6.36. The summed E-state index contributed by atoms with van der Waals surface area (Å²) in [6.07, 6.45) is 13.0. The van der Waals surface area contributed by atoms with Crippen LogP contribution in [-0.2, 0) is 27.4 Å². The molecule has 0 aliphatic heterocycles. The lowest BCUT2D eigenvalue weighted by molar-refractivity contribution is -0.131. The quantitative estimate of drug-likeness (QED) is 0.0415. The summed E-state index contributed by atoms with van der Waals surface area (Å²) in [6, 6.07) is 0. The third-order valence-corrected chi connectivity index (χ3v) is 9.87. The number of hydrogen-bond donors (Lipinski definition) is 10. The zero-order valence-electron chi connectivity index (χ0n) is 33.0. The van der Waals surface area contributed by atoms with Crippen molar-refractivity contribution in [2.45, 2.75) is 117 Å². The molecule has 4 aromatic heterocycles. The molecule has 0 saturated carbocycles. The molecule has 4 heterocycles. The number of amides is 2. The van der Waals surface area contributed by atoms with Gasteiger partial charge in [0.1, 0.15) is 11.3 Å². The van der Waals surface area contributed by atoms with Gasteiger partial charge in [-0.15, -0.1) is 0 Å². The highest BCUT2D eigenvalue weighted by Crippen LogP contribution is 2.24. The summed E-state index contributed by atoms with van der Waals surface area (Å²) >= 11 is 0. The van der Waals surface area contributed by atoms with Crippen LogP contribution in [0, 0.1) is 5.41 Å². The second-order valence-electron chi connectivity index (χ2n) is 15.5. The standard InChI is InChI=1S/C38H62N12O5/c1-37(2,34(54)44-19-12-8-6-10-17-42-22-26-24-46-31-29(26)33(53)50-36(40)48-31)15-20-55-38(3,4)14-13-27(51)43-18-11-7-5-9-16-41-21-25-23-45-30-28(25)32(52)49-35(39)47-30/h23-24,41-42H,5-22H2,1-4H3,(H,43,51)(H,44,54)(H4,39,45,47,49,52)(H4,40,46,48,50,53). The van der Waals surface area contributed by atoms with Gasteiger partial charge in [0.05, 0.1) is 16.4 Å². The number of nitrogens with one attached hydrogen (secondary N) is 8. The number of nitrogens with zero attached hydrogens (tertiary/aromatic N) is 2. The van der Waals surface area contributed by atoms with Gasteiger partial charge in [0.25, 0.3) is 11.1 Å². The minimum atomic E-state index is -0.566. The van der Waals surface area contributed by atoms with Crippen molar-refractivity contribution in [2.24, 2.45) is 5.41 Å². The minimum absolute atomic E-state index is 0.0171. The molecule has 55 heavy (non-hydrogen) atoms. The Hall–Kier alpha value is -4.74. The van der Waals surface area contributed by atoms with E-state index < -0.39 is 11.0 Å². The molecule has 2 amide bonds. The third-order valence-electron chi connectivity index (χ3n) is 9.87. The van der Waals surface area contributed by atoms with E-state index in [2.05, 4.69) is 51.2 Å². The summed E-state index contributed by atoms with van der Waals surface area (Å²) in [5.41, 5.74) is 12.4. The number of anilines is 2. The van der Waals surface area contributed by atoms with Crippen LogP contribution < -0.4 is 43.9 Å². The van der Waals surface area contributed by atoms with E-state index in [9.17, 15) is 19.2 Å². The number of rotatable bonds is 26. The van der Waals surface area contributed by atoms with Gasteiger partial charge in [-0.1, -0.05) is 39.5 Å². The summed E-state index contributed by atoms with van der Waals surface area (Å²) in [5.74, 6) is 0.222. The van der Waals surface area contributed by atoms with Crippen molar-refractivity contribution in [3.8, 4) is 0 Å². The molecule has 17 heteroatoms. The van der Waals surface area contributed by atoms with E-state index >= 15 is 0 Å². The number of carbonyl (C=O) groups is 2. The number of aromatic amines is 4. The Balaban J connectivity index is 0.955.